The molecular formula is C77H150O17P2. The minimum absolute atomic E-state index is 0.104. The van der Waals surface area contributed by atoms with Crippen molar-refractivity contribution in [2.75, 3.05) is 39.6 Å². The SMILES string of the molecule is CCCCCCCCCCCCCCCCCCCCCCC(=O)O[C@H](COC(=O)CCCCCCCCCCCCCCCCC)COP(=O)(O)OC[C@@H](O)COP(=O)(O)OC[C@@H](COC(=O)CCCCCCCCC(C)C)OC(=O)CCCCCCCCCCC(C)CC. The molecule has 0 fully saturated rings. The van der Waals surface area contributed by atoms with Crippen LogP contribution >= 0.6 is 15.6 Å². The summed E-state index contributed by atoms with van der Waals surface area (Å²) in [5, 5.41) is 10.6. The molecule has 0 aliphatic heterocycles. The van der Waals surface area contributed by atoms with E-state index in [2.05, 4.69) is 41.5 Å². The van der Waals surface area contributed by atoms with Crippen LogP contribution in [0.5, 0.6) is 0 Å². The zero-order valence-electron chi connectivity index (χ0n) is 62.7. The highest BCUT2D eigenvalue weighted by molar-refractivity contribution is 7.47. The summed E-state index contributed by atoms with van der Waals surface area (Å²) in [4.78, 5) is 72.8. The van der Waals surface area contributed by atoms with Gasteiger partial charge >= 0.3 is 39.5 Å². The van der Waals surface area contributed by atoms with Crippen molar-refractivity contribution < 1.29 is 80.2 Å². The first-order valence-corrected chi connectivity index (χ1v) is 43.0. The van der Waals surface area contributed by atoms with Gasteiger partial charge in [-0.15, -0.1) is 0 Å². The summed E-state index contributed by atoms with van der Waals surface area (Å²) in [5.41, 5.74) is 0. The Bertz CT molecular complexity index is 1860. The van der Waals surface area contributed by atoms with Gasteiger partial charge in [0.15, 0.2) is 12.2 Å². The molecule has 17 nitrogen and oxygen atoms in total. The highest BCUT2D eigenvalue weighted by Crippen LogP contribution is 2.45. The zero-order chi connectivity index (χ0) is 70.7. The Balaban J connectivity index is 5.21. The van der Waals surface area contributed by atoms with Crippen molar-refractivity contribution in [1.82, 2.24) is 0 Å². The number of aliphatic hydroxyl groups excluding tert-OH is 1. The van der Waals surface area contributed by atoms with Crippen molar-refractivity contribution in [3.63, 3.8) is 0 Å². The van der Waals surface area contributed by atoms with E-state index in [0.717, 1.165) is 102 Å². The fourth-order valence-electron chi connectivity index (χ4n) is 11.8. The second-order valence-electron chi connectivity index (χ2n) is 28.5. The van der Waals surface area contributed by atoms with E-state index in [4.69, 9.17) is 37.0 Å². The quantitative estimate of drug-likeness (QED) is 0.0222. The summed E-state index contributed by atoms with van der Waals surface area (Å²) in [6, 6.07) is 0. The molecule has 3 N–H and O–H groups in total. The first kappa shape index (κ1) is 94.1. The number of hydrogen-bond acceptors (Lipinski definition) is 15. The minimum atomic E-state index is -4.96. The summed E-state index contributed by atoms with van der Waals surface area (Å²) < 4.78 is 68.5. The molecule has 0 bridgehead atoms. The Kier molecular flexibility index (Phi) is 67.4. The molecule has 3 unspecified atom stereocenters. The van der Waals surface area contributed by atoms with Gasteiger partial charge in [-0.1, -0.05) is 350 Å². The van der Waals surface area contributed by atoms with E-state index in [1.165, 1.54) is 212 Å². The molecule has 0 saturated heterocycles. The lowest BCUT2D eigenvalue weighted by atomic mass is 9.99. The van der Waals surface area contributed by atoms with Crippen LogP contribution in [-0.4, -0.2) is 96.7 Å². The lowest BCUT2D eigenvalue weighted by molar-refractivity contribution is -0.161. The van der Waals surface area contributed by atoms with Crippen molar-refractivity contribution in [2.45, 2.75) is 419 Å². The molecule has 19 heteroatoms. The number of aliphatic hydroxyl groups is 1. The number of carbonyl (C=O) groups excluding carboxylic acids is 4. The van der Waals surface area contributed by atoms with E-state index in [0.29, 0.717) is 31.6 Å². The zero-order valence-corrected chi connectivity index (χ0v) is 64.5. The summed E-state index contributed by atoms with van der Waals surface area (Å²) in [7, 11) is -9.91. The number of phosphoric acid groups is 2. The molecule has 0 aliphatic rings. The van der Waals surface area contributed by atoms with Crippen LogP contribution in [-0.2, 0) is 65.4 Å². The van der Waals surface area contributed by atoms with E-state index >= 15 is 0 Å². The molecule has 0 aliphatic carbocycles. The van der Waals surface area contributed by atoms with Gasteiger partial charge in [0.25, 0.3) is 0 Å². The monoisotopic (exact) mass is 1410 g/mol. The number of phosphoric ester groups is 2. The maximum atomic E-state index is 13.1. The molecule has 570 valence electrons. The van der Waals surface area contributed by atoms with Crippen molar-refractivity contribution in [3.8, 4) is 0 Å². The largest absolute Gasteiger partial charge is 0.472 e. The van der Waals surface area contributed by atoms with Crippen LogP contribution in [0, 0.1) is 11.8 Å². The Morgan fingerprint density at radius 3 is 0.792 bits per heavy atom. The minimum Gasteiger partial charge on any atom is -0.462 e. The van der Waals surface area contributed by atoms with Gasteiger partial charge in [0.2, 0.25) is 0 Å². The molecule has 0 rings (SSSR count). The standard InChI is InChI=1S/C77H150O17P2/c1-7-10-12-14-16-18-20-22-24-25-26-27-28-30-32-34-36-41-49-55-61-76(81)93-72(65-87-74(79)59-53-47-40-35-33-31-29-23-21-19-17-15-13-11-8-2)67-91-95(83,84)89-63-71(78)64-90-96(85,86)92-68-73(66-88-75(80)60-54-48-44-43-45-51-57-69(4)5)94-77(82)62-56-50-42-38-37-39-46-52-58-70(6)9-3/h69-73,78H,7-68H2,1-6H3,(H,83,84)(H,85,86)/t70?,71-,72-,73-/m1/s1. The van der Waals surface area contributed by atoms with Gasteiger partial charge in [-0.25, -0.2) is 9.13 Å². The molecule has 0 aromatic carbocycles. The highest BCUT2D eigenvalue weighted by Gasteiger charge is 2.30. The Labute approximate surface area is 588 Å². The fraction of sp³-hybridized carbons (Fsp3) is 0.948. The molecular weight excluding hydrogens is 1260 g/mol. The summed E-state index contributed by atoms with van der Waals surface area (Å²) in [6.07, 6.45) is 57.1. The molecule has 0 aromatic rings. The van der Waals surface area contributed by atoms with E-state index in [-0.39, 0.29) is 25.7 Å². The van der Waals surface area contributed by atoms with Crippen LogP contribution in [0.1, 0.15) is 401 Å². The molecule has 0 amide bonds. The first-order chi connectivity index (χ1) is 46.4. The predicted molar refractivity (Wildman–Crippen MR) is 391 cm³/mol. The smallest absolute Gasteiger partial charge is 0.462 e. The molecule has 0 radical (unpaired) electrons. The number of carbonyl (C=O) groups is 4. The van der Waals surface area contributed by atoms with Gasteiger partial charge < -0.3 is 33.8 Å². The normalized spacial score (nSPS) is 14.3. The van der Waals surface area contributed by atoms with Crippen LogP contribution in [0.15, 0.2) is 0 Å². The van der Waals surface area contributed by atoms with Gasteiger partial charge in [-0.05, 0) is 37.5 Å². The highest BCUT2D eigenvalue weighted by atomic mass is 31.2. The maximum Gasteiger partial charge on any atom is 0.472 e. The number of esters is 4. The van der Waals surface area contributed by atoms with E-state index in [9.17, 15) is 43.2 Å². The lowest BCUT2D eigenvalue weighted by Gasteiger charge is -2.21. The number of ether oxygens (including phenoxy) is 4. The molecule has 0 spiro atoms. The third-order valence-corrected chi connectivity index (χ3v) is 20.2. The van der Waals surface area contributed by atoms with Gasteiger partial charge in [0.05, 0.1) is 26.4 Å². The predicted octanol–water partition coefficient (Wildman–Crippen LogP) is 22.7. The number of unbranched alkanes of at least 4 members (excludes halogenated alkanes) is 45. The van der Waals surface area contributed by atoms with Crippen LogP contribution in [0.2, 0.25) is 0 Å². The first-order valence-electron chi connectivity index (χ1n) is 40.0. The van der Waals surface area contributed by atoms with Crippen LogP contribution in [0.4, 0.5) is 0 Å². The fourth-order valence-corrected chi connectivity index (χ4v) is 13.4. The van der Waals surface area contributed by atoms with Crippen molar-refractivity contribution in [1.29, 1.82) is 0 Å². The molecule has 96 heavy (non-hydrogen) atoms. The Hall–Kier alpha value is -1.94. The lowest BCUT2D eigenvalue weighted by Crippen LogP contribution is -2.30. The molecule has 6 atom stereocenters. The topological polar surface area (TPSA) is 237 Å². The molecule has 0 heterocycles. The van der Waals surface area contributed by atoms with Crippen molar-refractivity contribution in [3.05, 3.63) is 0 Å². The second-order valence-corrected chi connectivity index (χ2v) is 31.4. The molecule has 0 saturated carbocycles. The second kappa shape index (κ2) is 68.8. The summed E-state index contributed by atoms with van der Waals surface area (Å²) in [5.74, 6) is -0.669. The van der Waals surface area contributed by atoms with E-state index < -0.39 is 97.5 Å². The van der Waals surface area contributed by atoms with E-state index in [1.54, 1.807) is 0 Å². The molecule has 0 aromatic heterocycles. The third kappa shape index (κ3) is 69.2. The van der Waals surface area contributed by atoms with Crippen molar-refractivity contribution in [2.24, 2.45) is 11.8 Å². The summed E-state index contributed by atoms with van der Waals surface area (Å²) in [6.45, 7) is 9.51. The number of rotatable bonds is 76. The van der Waals surface area contributed by atoms with Crippen LogP contribution in [0.3, 0.4) is 0 Å². The average Bonchev–Trinajstić information content (AvgIpc) is 1.42. The van der Waals surface area contributed by atoms with Crippen LogP contribution < -0.4 is 0 Å². The van der Waals surface area contributed by atoms with E-state index in [1.807, 2.05) is 0 Å². The average molecular weight is 1410 g/mol. The maximum absolute atomic E-state index is 13.1. The third-order valence-electron chi connectivity index (χ3n) is 18.3. The van der Waals surface area contributed by atoms with Gasteiger partial charge in [0.1, 0.15) is 19.3 Å². The van der Waals surface area contributed by atoms with Gasteiger partial charge in [-0.3, -0.25) is 37.3 Å². The Morgan fingerprint density at radius 2 is 0.531 bits per heavy atom. The Morgan fingerprint density at radius 1 is 0.302 bits per heavy atom. The van der Waals surface area contributed by atoms with Crippen LogP contribution in [0.25, 0.3) is 0 Å². The van der Waals surface area contributed by atoms with Gasteiger partial charge in [-0.2, -0.15) is 0 Å². The van der Waals surface area contributed by atoms with Gasteiger partial charge in [0, 0.05) is 25.7 Å². The summed E-state index contributed by atoms with van der Waals surface area (Å²) >= 11 is 0. The number of hydrogen-bond donors (Lipinski definition) is 3. The van der Waals surface area contributed by atoms with Crippen molar-refractivity contribution >= 4 is 39.5 Å².